The summed E-state index contributed by atoms with van der Waals surface area (Å²) in [7, 11) is 2.08. The number of aryl methyl sites for hydroxylation is 1. The molecule has 1 aliphatic carbocycles. The Balaban J connectivity index is 2.02. The Morgan fingerprint density at radius 3 is 3.06 bits per heavy atom. The van der Waals surface area contributed by atoms with Crippen molar-refractivity contribution in [2.24, 2.45) is 5.41 Å². The van der Waals surface area contributed by atoms with Crippen molar-refractivity contribution in [1.82, 2.24) is 14.9 Å². The van der Waals surface area contributed by atoms with Gasteiger partial charge in [-0.05, 0) is 38.1 Å². The standard InChI is InChI=1S/C14H25N3/c1-4-8-17-9-7-16-13(17)11-14(2)6-5-12(10-14)15-3/h7,9,12,15H,4-6,8,10-11H2,1-3H3. The summed E-state index contributed by atoms with van der Waals surface area (Å²) >= 11 is 0. The smallest absolute Gasteiger partial charge is 0.109 e. The van der Waals surface area contributed by atoms with Crippen LogP contribution in [0.15, 0.2) is 12.4 Å². The number of imidazole rings is 1. The van der Waals surface area contributed by atoms with E-state index in [9.17, 15) is 0 Å². The lowest BCUT2D eigenvalue weighted by molar-refractivity contribution is 0.312. The van der Waals surface area contributed by atoms with Gasteiger partial charge in [-0.2, -0.15) is 0 Å². The molecule has 0 amide bonds. The van der Waals surface area contributed by atoms with Gasteiger partial charge < -0.3 is 9.88 Å². The van der Waals surface area contributed by atoms with Crippen LogP contribution in [0.5, 0.6) is 0 Å². The lowest BCUT2D eigenvalue weighted by Gasteiger charge is -2.24. The van der Waals surface area contributed by atoms with Crippen LogP contribution < -0.4 is 5.32 Å². The van der Waals surface area contributed by atoms with E-state index in [0.29, 0.717) is 11.5 Å². The number of aromatic nitrogens is 2. The molecule has 0 radical (unpaired) electrons. The monoisotopic (exact) mass is 235 g/mol. The molecule has 17 heavy (non-hydrogen) atoms. The average molecular weight is 235 g/mol. The first-order valence-electron chi connectivity index (χ1n) is 6.84. The number of rotatable bonds is 5. The van der Waals surface area contributed by atoms with Crippen molar-refractivity contribution in [1.29, 1.82) is 0 Å². The zero-order valence-corrected chi connectivity index (χ0v) is 11.4. The zero-order valence-electron chi connectivity index (χ0n) is 11.4. The Morgan fingerprint density at radius 2 is 2.41 bits per heavy atom. The van der Waals surface area contributed by atoms with Gasteiger partial charge in [0.15, 0.2) is 0 Å². The van der Waals surface area contributed by atoms with Crippen molar-refractivity contribution >= 4 is 0 Å². The van der Waals surface area contributed by atoms with Gasteiger partial charge >= 0.3 is 0 Å². The first-order valence-corrected chi connectivity index (χ1v) is 6.84. The van der Waals surface area contributed by atoms with Gasteiger partial charge in [-0.3, -0.25) is 0 Å². The molecule has 1 N–H and O–H groups in total. The van der Waals surface area contributed by atoms with Crippen molar-refractivity contribution in [2.75, 3.05) is 7.05 Å². The molecule has 3 heteroatoms. The van der Waals surface area contributed by atoms with Crippen LogP contribution in [0.2, 0.25) is 0 Å². The van der Waals surface area contributed by atoms with Crippen LogP contribution in [-0.4, -0.2) is 22.6 Å². The van der Waals surface area contributed by atoms with Crippen molar-refractivity contribution in [3.8, 4) is 0 Å². The molecule has 2 rings (SSSR count). The molecule has 1 saturated carbocycles. The fourth-order valence-electron chi connectivity index (χ4n) is 3.06. The van der Waals surface area contributed by atoms with Gasteiger partial charge in [0.25, 0.3) is 0 Å². The Kier molecular flexibility index (Phi) is 3.87. The molecule has 0 spiro atoms. The van der Waals surface area contributed by atoms with Gasteiger partial charge in [0.1, 0.15) is 5.82 Å². The quantitative estimate of drug-likeness (QED) is 0.850. The van der Waals surface area contributed by atoms with Gasteiger partial charge in [0, 0.05) is 31.4 Å². The first-order chi connectivity index (χ1) is 8.17. The third-order valence-electron chi connectivity index (χ3n) is 4.09. The number of nitrogens with zero attached hydrogens (tertiary/aromatic N) is 2. The van der Waals surface area contributed by atoms with E-state index in [1.807, 2.05) is 6.20 Å². The van der Waals surface area contributed by atoms with Crippen molar-refractivity contribution in [3.63, 3.8) is 0 Å². The highest BCUT2D eigenvalue weighted by Crippen LogP contribution is 2.40. The van der Waals surface area contributed by atoms with Crippen molar-refractivity contribution in [2.45, 2.75) is 58.5 Å². The van der Waals surface area contributed by atoms with Gasteiger partial charge in [-0.25, -0.2) is 4.98 Å². The fourth-order valence-corrected chi connectivity index (χ4v) is 3.06. The van der Waals surface area contributed by atoms with E-state index in [4.69, 9.17) is 0 Å². The molecule has 1 heterocycles. The highest BCUT2D eigenvalue weighted by atomic mass is 15.1. The normalized spacial score (nSPS) is 28.8. The van der Waals surface area contributed by atoms with E-state index in [-0.39, 0.29) is 0 Å². The highest BCUT2D eigenvalue weighted by Gasteiger charge is 2.35. The summed E-state index contributed by atoms with van der Waals surface area (Å²) in [4.78, 5) is 4.54. The molecule has 1 aliphatic rings. The molecular weight excluding hydrogens is 210 g/mol. The van der Waals surface area contributed by atoms with E-state index >= 15 is 0 Å². The molecule has 0 aliphatic heterocycles. The predicted molar refractivity (Wildman–Crippen MR) is 71.0 cm³/mol. The minimum absolute atomic E-state index is 0.435. The third kappa shape index (κ3) is 2.89. The van der Waals surface area contributed by atoms with Gasteiger partial charge in [-0.1, -0.05) is 13.8 Å². The number of nitrogens with one attached hydrogen (secondary N) is 1. The molecule has 0 aromatic carbocycles. The minimum Gasteiger partial charge on any atom is -0.335 e. The summed E-state index contributed by atoms with van der Waals surface area (Å²) in [6, 6.07) is 0.703. The van der Waals surface area contributed by atoms with Gasteiger partial charge in [0.2, 0.25) is 0 Å². The van der Waals surface area contributed by atoms with E-state index in [2.05, 4.69) is 42.0 Å². The maximum atomic E-state index is 4.54. The maximum absolute atomic E-state index is 4.54. The fraction of sp³-hybridized carbons (Fsp3) is 0.786. The molecule has 0 saturated heterocycles. The number of hydrogen-bond donors (Lipinski definition) is 1. The molecule has 2 unspecified atom stereocenters. The molecule has 96 valence electrons. The van der Waals surface area contributed by atoms with Crippen LogP contribution in [0.4, 0.5) is 0 Å². The molecular formula is C14H25N3. The summed E-state index contributed by atoms with van der Waals surface area (Å²) in [6.07, 6.45) is 10.3. The van der Waals surface area contributed by atoms with E-state index in [1.165, 1.54) is 31.5 Å². The van der Waals surface area contributed by atoms with Crippen molar-refractivity contribution in [3.05, 3.63) is 18.2 Å². The largest absolute Gasteiger partial charge is 0.335 e. The Bertz CT molecular complexity index is 358. The second kappa shape index (κ2) is 5.21. The molecule has 0 bridgehead atoms. The summed E-state index contributed by atoms with van der Waals surface area (Å²) < 4.78 is 2.32. The SMILES string of the molecule is CCCn1ccnc1CC1(C)CCC(NC)C1. The summed E-state index contributed by atoms with van der Waals surface area (Å²) in [5.74, 6) is 1.27. The van der Waals surface area contributed by atoms with E-state index in [0.717, 1.165) is 13.0 Å². The zero-order chi connectivity index (χ0) is 12.3. The first kappa shape index (κ1) is 12.6. The number of hydrogen-bond acceptors (Lipinski definition) is 2. The topological polar surface area (TPSA) is 29.9 Å². The Labute approximate surface area is 105 Å². The van der Waals surface area contributed by atoms with E-state index < -0.39 is 0 Å². The lowest BCUT2D eigenvalue weighted by Crippen LogP contribution is -2.25. The second-order valence-electron chi connectivity index (χ2n) is 5.75. The third-order valence-corrected chi connectivity index (χ3v) is 4.09. The van der Waals surface area contributed by atoms with Crippen LogP contribution in [0.3, 0.4) is 0 Å². The molecule has 1 aromatic heterocycles. The van der Waals surface area contributed by atoms with Crippen LogP contribution in [0.1, 0.15) is 45.4 Å². The van der Waals surface area contributed by atoms with Crippen LogP contribution in [0, 0.1) is 5.41 Å². The second-order valence-corrected chi connectivity index (χ2v) is 5.75. The predicted octanol–water partition coefficient (Wildman–Crippen LogP) is 2.61. The van der Waals surface area contributed by atoms with Crippen molar-refractivity contribution < 1.29 is 0 Å². The summed E-state index contributed by atoms with van der Waals surface area (Å²) in [6.45, 7) is 5.73. The Morgan fingerprint density at radius 1 is 1.59 bits per heavy atom. The Hall–Kier alpha value is -0.830. The van der Waals surface area contributed by atoms with Gasteiger partial charge in [-0.15, -0.1) is 0 Å². The average Bonchev–Trinajstić information content (AvgIpc) is 2.88. The van der Waals surface area contributed by atoms with Crippen LogP contribution in [-0.2, 0) is 13.0 Å². The summed E-state index contributed by atoms with van der Waals surface area (Å²) in [5.41, 5.74) is 0.435. The van der Waals surface area contributed by atoms with Crippen LogP contribution >= 0.6 is 0 Å². The highest BCUT2D eigenvalue weighted by molar-refractivity contribution is 5.00. The lowest BCUT2D eigenvalue weighted by atomic mass is 9.84. The molecule has 3 nitrogen and oxygen atoms in total. The minimum atomic E-state index is 0.435. The summed E-state index contributed by atoms with van der Waals surface area (Å²) in [5, 5.41) is 3.41. The molecule has 1 fully saturated rings. The van der Waals surface area contributed by atoms with E-state index in [1.54, 1.807) is 0 Å². The molecule has 1 aromatic rings. The van der Waals surface area contributed by atoms with Gasteiger partial charge in [0.05, 0.1) is 0 Å². The molecule has 2 atom stereocenters. The maximum Gasteiger partial charge on any atom is 0.109 e. The van der Waals surface area contributed by atoms with Crippen LogP contribution in [0.25, 0.3) is 0 Å².